The smallest absolute Gasteiger partial charge is 0.258 e. The summed E-state index contributed by atoms with van der Waals surface area (Å²) in [5, 5.41) is 7.49. The molecule has 0 bridgehead atoms. The summed E-state index contributed by atoms with van der Waals surface area (Å²) < 4.78 is 15.7. The number of hydrogen-bond acceptors (Lipinski definition) is 6. The number of pyridine rings is 1. The van der Waals surface area contributed by atoms with Crippen LogP contribution in [-0.4, -0.2) is 36.8 Å². The van der Waals surface area contributed by atoms with E-state index in [0.717, 1.165) is 5.56 Å². The lowest BCUT2D eigenvalue weighted by Crippen LogP contribution is -2.26. The second-order valence-corrected chi connectivity index (χ2v) is 5.95. The number of nitrogens with zero attached hydrogens (tertiary/aromatic N) is 2. The number of methoxy groups -OCH3 is 2. The summed E-state index contributed by atoms with van der Waals surface area (Å²) in [5.41, 5.74) is 3.31. The predicted molar refractivity (Wildman–Crippen MR) is 96.9 cm³/mol. The van der Waals surface area contributed by atoms with Crippen molar-refractivity contribution >= 4 is 17.0 Å². The molecule has 0 saturated heterocycles. The summed E-state index contributed by atoms with van der Waals surface area (Å²) >= 11 is 0. The summed E-state index contributed by atoms with van der Waals surface area (Å²) in [6.07, 6.45) is 0.669. The number of rotatable bonds is 6. The van der Waals surface area contributed by atoms with Crippen LogP contribution in [-0.2, 0) is 6.42 Å². The standard InChI is InChI=1S/C19H21N3O4/c1-11-9-14(17-12(2)22-26-19(17)21-11)18(23)20-8-7-13-5-6-15(24-3)16(10-13)25-4/h5-6,9-10H,7-8H2,1-4H3,(H,20,23). The molecule has 26 heavy (non-hydrogen) atoms. The van der Waals surface area contributed by atoms with Crippen molar-refractivity contribution in [3.8, 4) is 11.5 Å². The van der Waals surface area contributed by atoms with Gasteiger partial charge in [0.25, 0.3) is 11.6 Å². The van der Waals surface area contributed by atoms with Crippen molar-refractivity contribution in [2.45, 2.75) is 20.3 Å². The van der Waals surface area contributed by atoms with E-state index < -0.39 is 0 Å². The van der Waals surface area contributed by atoms with Gasteiger partial charge in [0.2, 0.25) is 0 Å². The zero-order chi connectivity index (χ0) is 18.7. The Morgan fingerprint density at radius 1 is 1.15 bits per heavy atom. The molecule has 0 aliphatic rings. The van der Waals surface area contributed by atoms with E-state index in [2.05, 4.69) is 15.5 Å². The van der Waals surface area contributed by atoms with E-state index in [-0.39, 0.29) is 5.91 Å². The highest BCUT2D eigenvalue weighted by atomic mass is 16.5. The van der Waals surface area contributed by atoms with Gasteiger partial charge in [-0.3, -0.25) is 4.79 Å². The Labute approximate surface area is 151 Å². The number of carbonyl (C=O) groups excluding carboxylic acids is 1. The number of benzene rings is 1. The molecule has 0 radical (unpaired) electrons. The summed E-state index contributed by atoms with van der Waals surface area (Å²) in [6, 6.07) is 7.46. The summed E-state index contributed by atoms with van der Waals surface area (Å²) in [6.45, 7) is 4.10. The molecule has 3 aromatic rings. The second-order valence-electron chi connectivity index (χ2n) is 5.95. The maximum Gasteiger partial charge on any atom is 0.258 e. The van der Waals surface area contributed by atoms with Gasteiger partial charge in [0.1, 0.15) is 0 Å². The fourth-order valence-corrected chi connectivity index (χ4v) is 2.85. The van der Waals surface area contributed by atoms with Crippen LogP contribution in [0.25, 0.3) is 11.1 Å². The first-order valence-electron chi connectivity index (χ1n) is 8.26. The third kappa shape index (κ3) is 3.46. The van der Waals surface area contributed by atoms with Crippen molar-refractivity contribution < 1.29 is 18.8 Å². The topological polar surface area (TPSA) is 86.5 Å². The van der Waals surface area contributed by atoms with E-state index >= 15 is 0 Å². The van der Waals surface area contributed by atoms with Crippen LogP contribution in [0.3, 0.4) is 0 Å². The van der Waals surface area contributed by atoms with Gasteiger partial charge in [-0.1, -0.05) is 11.2 Å². The molecule has 7 nitrogen and oxygen atoms in total. The van der Waals surface area contributed by atoms with Crippen LogP contribution in [0.2, 0.25) is 0 Å². The third-order valence-corrected chi connectivity index (χ3v) is 4.14. The lowest BCUT2D eigenvalue weighted by Gasteiger charge is -2.10. The van der Waals surface area contributed by atoms with Crippen molar-refractivity contribution in [2.75, 3.05) is 20.8 Å². The molecule has 7 heteroatoms. The average Bonchev–Trinajstić information content (AvgIpc) is 3.01. The molecule has 0 atom stereocenters. The van der Waals surface area contributed by atoms with E-state index in [0.29, 0.717) is 52.5 Å². The number of nitrogens with one attached hydrogen (secondary N) is 1. The van der Waals surface area contributed by atoms with Gasteiger partial charge in [-0.2, -0.15) is 0 Å². The van der Waals surface area contributed by atoms with Crippen molar-refractivity contribution in [2.24, 2.45) is 0 Å². The number of fused-ring (bicyclic) bond motifs is 1. The van der Waals surface area contributed by atoms with Gasteiger partial charge in [-0.05, 0) is 44.0 Å². The quantitative estimate of drug-likeness (QED) is 0.732. The van der Waals surface area contributed by atoms with Crippen molar-refractivity contribution in [1.29, 1.82) is 0 Å². The van der Waals surface area contributed by atoms with Crippen molar-refractivity contribution in [3.05, 3.63) is 46.8 Å². The SMILES string of the molecule is COc1ccc(CCNC(=O)c2cc(C)nc3onc(C)c23)cc1OC. The highest BCUT2D eigenvalue weighted by Gasteiger charge is 2.17. The molecule has 2 heterocycles. The highest BCUT2D eigenvalue weighted by Crippen LogP contribution is 2.27. The molecule has 1 N–H and O–H groups in total. The molecule has 1 aromatic carbocycles. The van der Waals surface area contributed by atoms with Crippen LogP contribution < -0.4 is 14.8 Å². The van der Waals surface area contributed by atoms with E-state index in [1.165, 1.54) is 0 Å². The average molecular weight is 355 g/mol. The lowest BCUT2D eigenvalue weighted by molar-refractivity contribution is 0.0955. The fraction of sp³-hybridized carbons (Fsp3) is 0.316. The molecule has 0 unspecified atom stereocenters. The van der Waals surface area contributed by atoms with Crippen LogP contribution >= 0.6 is 0 Å². The van der Waals surface area contributed by atoms with Gasteiger partial charge in [0, 0.05) is 12.2 Å². The maximum absolute atomic E-state index is 12.6. The van der Waals surface area contributed by atoms with Gasteiger partial charge < -0.3 is 19.3 Å². The molecule has 3 rings (SSSR count). The summed E-state index contributed by atoms with van der Waals surface area (Å²) in [7, 11) is 3.20. The summed E-state index contributed by atoms with van der Waals surface area (Å²) in [5.74, 6) is 1.17. The number of hydrogen-bond donors (Lipinski definition) is 1. The maximum atomic E-state index is 12.6. The monoisotopic (exact) mass is 355 g/mol. The minimum atomic E-state index is -0.174. The lowest BCUT2D eigenvalue weighted by atomic mass is 10.1. The Morgan fingerprint density at radius 2 is 1.92 bits per heavy atom. The molecule has 0 saturated carbocycles. The molecule has 136 valence electrons. The first-order valence-corrected chi connectivity index (χ1v) is 8.26. The van der Waals surface area contributed by atoms with E-state index in [4.69, 9.17) is 14.0 Å². The normalized spacial score (nSPS) is 10.8. The first-order chi connectivity index (χ1) is 12.5. The predicted octanol–water partition coefficient (Wildman–Crippen LogP) is 2.83. The van der Waals surface area contributed by atoms with Crippen LogP contribution in [0.4, 0.5) is 0 Å². The Kier molecular flexibility index (Phi) is 5.06. The number of aryl methyl sites for hydroxylation is 2. The highest BCUT2D eigenvalue weighted by molar-refractivity contribution is 6.06. The number of aromatic nitrogens is 2. The Balaban J connectivity index is 1.71. The minimum Gasteiger partial charge on any atom is -0.493 e. The van der Waals surface area contributed by atoms with Gasteiger partial charge >= 0.3 is 0 Å². The zero-order valence-corrected chi connectivity index (χ0v) is 15.3. The molecule has 0 aliphatic heterocycles. The molecule has 0 spiro atoms. The molecular formula is C19H21N3O4. The van der Waals surface area contributed by atoms with E-state index in [9.17, 15) is 4.79 Å². The molecule has 0 aliphatic carbocycles. The van der Waals surface area contributed by atoms with Gasteiger partial charge in [-0.15, -0.1) is 0 Å². The number of ether oxygens (including phenoxy) is 2. The van der Waals surface area contributed by atoms with E-state index in [1.54, 1.807) is 27.2 Å². The Hall–Kier alpha value is -3.09. The van der Waals surface area contributed by atoms with E-state index in [1.807, 2.05) is 25.1 Å². The fourth-order valence-electron chi connectivity index (χ4n) is 2.85. The van der Waals surface area contributed by atoms with Gasteiger partial charge in [0.05, 0.1) is 30.9 Å². The number of amides is 1. The van der Waals surface area contributed by atoms with Crippen LogP contribution in [0.1, 0.15) is 27.3 Å². The molecular weight excluding hydrogens is 334 g/mol. The van der Waals surface area contributed by atoms with Gasteiger partial charge in [0.15, 0.2) is 11.5 Å². The second kappa shape index (κ2) is 7.43. The Morgan fingerprint density at radius 3 is 2.65 bits per heavy atom. The van der Waals surface area contributed by atoms with Crippen LogP contribution in [0, 0.1) is 13.8 Å². The molecule has 2 aromatic heterocycles. The first kappa shape index (κ1) is 17.7. The van der Waals surface area contributed by atoms with Gasteiger partial charge in [-0.25, -0.2) is 4.98 Å². The van der Waals surface area contributed by atoms with Crippen molar-refractivity contribution in [3.63, 3.8) is 0 Å². The van der Waals surface area contributed by atoms with Crippen LogP contribution in [0.15, 0.2) is 28.8 Å². The number of carbonyl (C=O) groups is 1. The third-order valence-electron chi connectivity index (χ3n) is 4.14. The molecule has 0 fully saturated rings. The largest absolute Gasteiger partial charge is 0.493 e. The summed E-state index contributed by atoms with van der Waals surface area (Å²) in [4.78, 5) is 16.9. The minimum absolute atomic E-state index is 0.174. The van der Waals surface area contributed by atoms with Crippen LogP contribution in [0.5, 0.6) is 11.5 Å². The Bertz CT molecular complexity index is 949. The molecule has 1 amide bonds. The zero-order valence-electron chi connectivity index (χ0n) is 15.3. The van der Waals surface area contributed by atoms with Crippen molar-refractivity contribution in [1.82, 2.24) is 15.5 Å².